The Morgan fingerprint density at radius 3 is 2.52 bits per heavy atom. The van der Waals surface area contributed by atoms with Crippen molar-refractivity contribution in [2.75, 3.05) is 13.1 Å². The van der Waals surface area contributed by atoms with Crippen LogP contribution in [-0.2, 0) is 9.59 Å². The lowest BCUT2D eigenvalue weighted by Gasteiger charge is -2.41. The summed E-state index contributed by atoms with van der Waals surface area (Å²) in [6.45, 7) is 4.43. The molecule has 4 nitrogen and oxygen atoms in total. The van der Waals surface area contributed by atoms with Gasteiger partial charge in [0.2, 0.25) is 17.7 Å². The molecule has 0 aromatic rings. The lowest BCUT2D eigenvalue weighted by molar-refractivity contribution is -0.151. The molecule has 3 rings (SSSR count). The minimum absolute atomic E-state index is 0.262. The second-order valence-corrected chi connectivity index (χ2v) is 10.2. The zero-order valence-electron chi connectivity index (χ0n) is 14.9. The predicted molar refractivity (Wildman–Crippen MR) is 95.8 cm³/mol. The summed E-state index contributed by atoms with van der Waals surface area (Å²) >= 11 is 0. The van der Waals surface area contributed by atoms with Crippen molar-refractivity contribution in [1.29, 1.82) is 0 Å². The van der Waals surface area contributed by atoms with Crippen molar-refractivity contribution >= 4 is 28.9 Å². The van der Waals surface area contributed by atoms with E-state index in [-0.39, 0.29) is 35.9 Å². The number of fused-ring (bicyclic) bond motifs is 1. The fourth-order valence-corrected chi connectivity index (χ4v) is 4.44. The third-order valence-electron chi connectivity index (χ3n) is 5.98. The Morgan fingerprint density at radius 1 is 1.36 bits per heavy atom. The highest BCUT2D eigenvalue weighted by Crippen LogP contribution is 2.52. The Hall–Kier alpha value is -0.705. The average molecular weight is 370 g/mol. The van der Waals surface area contributed by atoms with Crippen LogP contribution in [0.15, 0.2) is 0 Å². The number of rotatable bonds is 4. The van der Waals surface area contributed by atoms with Gasteiger partial charge in [-0.25, -0.2) is 8.78 Å². The van der Waals surface area contributed by atoms with E-state index in [1.54, 1.807) is 18.7 Å². The summed E-state index contributed by atoms with van der Waals surface area (Å²) in [6, 6.07) is -0.894. The second kappa shape index (κ2) is 6.18. The van der Waals surface area contributed by atoms with Gasteiger partial charge in [0.25, 0.3) is 0 Å². The molecule has 8 heteroatoms. The Morgan fingerprint density at radius 2 is 2.00 bits per heavy atom. The van der Waals surface area contributed by atoms with Crippen molar-refractivity contribution in [2.45, 2.75) is 68.4 Å². The van der Waals surface area contributed by atoms with E-state index in [4.69, 9.17) is 7.85 Å². The van der Waals surface area contributed by atoms with Crippen LogP contribution in [0, 0.1) is 11.8 Å². The molecule has 1 heterocycles. The number of likely N-dealkylation sites (tertiary alicyclic amines) is 1. The van der Waals surface area contributed by atoms with Gasteiger partial charge < -0.3 is 10.2 Å². The molecule has 0 bridgehead atoms. The molecule has 1 saturated heterocycles. The number of nitrogens with one attached hydrogen (secondary N) is 1. The molecule has 4 atom stereocenters. The highest BCUT2D eigenvalue weighted by Gasteiger charge is 2.54. The summed E-state index contributed by atoms with van der Waals surface area (Å²) in [5.74, 6) is -3.57. The first-order valence-electron chi connectivity index (χ1n) is 8.97. The van der Waals surface area contributed by atoms with E-state index in [9.17, 15) is 18.4 Å². The number of hydrogen-bond acceptors (Lipinski definition) is 2. The molecular formula is C17H26BF2N2O2P. The number of carbonyl (C=O) groups is 2. The van der Waals surface area contributed by atoms with Gasteiger partial charge in [-0.05, 0) is 37.4 Å². The van der Waals surface area contributed by atoms with Crippen LogP contribution in [0.5, 0.6) is 0 Å². The van der Waals surface area contributed by atoms with Gasteiger partial charge in [0.15, 0.2) is 0 Å². The first-order valence-corrected chi connectivity index (χ1v) is 9.54. The fraction of sp³-hybridized carbons (Fsp3) is 0.882. The molecule has 1 aliphatic heterocycles. The summed E-state index contributed by atoms with van der Waals surface area (Å²) in [7, 11) is 8.84. The van der Waals surface area contributed by atoms with Crippen molar-refractivity contribution in [3.05, 3.63) is 0 Å². The van der Waals surface area contributed by atoms with Gasteiger partial charge in [0, 0.05) is 25.9 Å². The largest absolute Gasteiger partial charge is 0.343 e. The summed E-state index contributed by atoms with van der Waals surface area (Å²) in [5.41, 5.74) is 0. The maximum absolute atomic E-state index is 13.3. The molecule has 2 radical (unpaired) electrons. The van der Waals surface area contributed by atoms with E-state index in [1.165, 1.54) is 0 Å². The van der Waals surface area contributed by atoms with Gasteiger partial charge in [-0.1, -0.05) is 12.8 Å². The number of nitrogens with zero attached hydrogens (tertiary/aromatic N) is 1. The van der Waals surface area contributed by atoms with Crippen molar-refractivity contribution in [3.63, 3.8) is 0 Å². The molecule has 0 spiro atoms. The van der Waals surface area contributed by atoms with Crippen LogP contribution in [0.2, 0.25) is 5.31 Å². The molecule has 2 amide bonds. The minimum atomic E-state index is -2.74. The van der Waals surface area contributed by atoms with Crippen molar-refractivity contribution in [2.24, 2.45) is 11.8 Å². The summed E-state index contributed by atoms with van der Waals surface area (Å²) in [5, 5.41) is 1.61. The summed E-state index contributed by atoms with van der Waals surface area (Å²) in [4.78, 5) is 27.1. The maximum atomic E-state index is 13.3. The van der Waals surface area contributed by atoms with Crippen molar-refractivity contribution in [3.8, 4) is 0 Å². The monoisotopic (exact) mass is 370 g/mol. The third kappa shape index (κ3) is 3.72. The van der Waals surface area contributed by atoms with Gasteiger partial charge >= 0.3 is 0 Å². The lowest BCUT2D eigenvalue weighted by atomic mass is 9.64. The van der Waals surface area contributed by atoms with Gasteiger partial charge in [0.1, 0.15) is 6.04 Å². The number of hydrogen-bond donors (Lipinski definition) is 1. The second-order valence-electron chi connectivity index (χ2n) is 8.74. The molecule has 3 aliphatic rings. The predicted octanol–water partition coefficient (Wildman–Crippen LogP) is 2.14. The van der Waals surface area contributed by atoms with E-state index in [1.807, 2.05) is 0 Å². The highest BCUT2D eigenvalue weighted by atomic mass is 31.0. The highest BCUT2D eigenvalue weighted by molar-refractivity contribution is 7.20. The molecule has 138 valence electrons. The first kappa shape index (κ1) is 19.1. The first-order chi connectivity index (χ1) is 11.4. The Bertz CT molecular complexity index is 575. The number of amides is 2. The SMILES string of the molecule is [B][C@@]12CCC[C@@H]1CN(C(=O)[C@@H](NC(=O)C(C)(C)P)C1CC(F)(F)C1)C2. The Labute approximate surface area is 151 Å². The Kier molecular flexibility index (Phi) is 4.71. The summed E-state index contributed by atoms with van der Waals surface area (Å²) < 4.78 is 26.7. The molecular weight excluding hydrogens is 344 g/mol. The van der Waals surface area contributed by atoms with Crippen LogP contribution in [0.3, 0.4) is 0 Å². The van der Waals surface area contributed by atoms with E-state index in [0.717, 1.165) is 19.3 Å². The molecule has 2 aliphatic carbocycles. The molecule has 25 heavy (non-hydrogen) atoms. The number of carbonyl (C=O) groups excluding carboxylic acids is 2. The van der Waals surface area contributed by atoms with Gasteiger partial charge in [-0.2, -0.15) is 0 Å². The fourth-order valence-electron chi connectivity index (χ4n) is 4.35. The van der Waals surface area contributed by atoms with Crippen LogP contribution in [0.4, 0.5) is 8.78 Å². The molecule has 1 N–H and O–H groups in total. The van der Waals surface area contributed by atoms with Crippen LogP contribution in [-0.4, -0.2) is 54.8 Å². The zero-order chi connectivity index (χ0) is 18.6. The molecule has 0 aromatic heterocycles. The quantitative estimate of drug-likeness (QED) is 0.609. The molecule has 0 aromatic carbocycles. The Balaban J connectivity index is 1.73. The molecule has 2 saturated carbocycles. The van der Waals surface area contributed by atoms with E-state index in [2.05, 4.69) is 14.6 Å². The standard InChI is InChI=1S/C17H26BF2N2O2P/c1-15(2,25)14(24)21-12(10-6-17(19,20)7-10)13(23)22-8-11-4-3-5-16(11,18)9-22/h10-12H,3-9,25H2,1-2H3,(H,21,24)/t11-,12+,16-/m1/s1. The average Bonchev–Trinajstić information content (AvgIpc) is 2.94. The van der Waals surface area contributed by atoms with Gasteiger partial charge in [-0.15, -0.1) is 9.24 Å². The van der Waals surface area contributed by atoms with E-state index >= 15 is 0 Å². The zero-order valence-corrected chi connectivity index (χ0v) is 16.0. The maximum Gasteiger partial charge on any atom is 0.248 e. The topological polar surface area (TPSA) is 49.4 Å². The third-order valence-corrected chi connectivity index (χ3v) is 6.24. The van der Waals surface area contributed by atoms with Crippen LogP contribution < -0.4 is 5.32 Å². The lowest BCUT2D eigenvalue weighted by Crippen LogP contribution is -2.59. The number of alkyl halides is 2. The molecule has 3 fully saturated rings. The normalized spacial score (nSPS) is 32.8. The number of halogens is 2. The van der Waals surface area contributed by atoms with E-state index < -0.39 is 23.0 Å². The van der Waals surface area contributed by atoms with Crippen LogP contribution in [0.1, 0.15) is 46.0 Å². The van der Waals surface area contributed by atoms with Crippen molar-refractivity contribution in [1.82, 2.24) is 10.2 Å². The smallest absolute Gasteiger partial charge is 0.248 e. The van der Waals surface area contributed by atoms with Crippen molar-refractivity contribution < 1.29 is 18.4 Å². The molecule has 1 unspecified atom stereocenters. The van der Waals surface area contributed by atoms with Crippen LogP contribution >= 0.6 is 9.24 Å². The van der Waals surface area contributed by atoms with Gasteiger partial charge in [0.05, 0.1) is 13.0 Å². The van der Waals surface area contributed by atoms with E-state index in [0.29, 0.717) is 13.1 Å². The minimum Gasteiger partial charge on any atom is -0.343 e. The summed E-state index contributed by atoms with van der Waals surface area (Å²) in [6.07, 6.45) is 2.24. The van der Waals surface area contributed by atoms with Gasteiger partial charge in [-0.3, -0.25) is 9.59 Å². The van der Waals surface area contributed by atoms with Crippen LogP contribution in [0.25, 0.3) is 0 Å².